The van der Waals surface area contributed by atoms with Crippen molar-refractivity contribution in [2.24, 2.45) is 0 Å². The van der Waals surface area contributed by atoms with Crippen molar-refractivity contribution in [2.75, 3.05) is 12.9 Å². The Balaban J connectivity index is 2.16. The standard InChI is InChI=1S/C12H18O4S/c1-11(16-17(2,13)14)8-9-15-10-12-6-4-3-5-7-12/h3-7,11H,8-10H2,1-2H3. The fourth-order valence-electron chi connectivity index (χ4n) is 1.36. The Morgan fingerprint density at radius 2 is 1.88 bits per heavy atom. The molecule has 0 saturated carbocycles. The van der Waals surface area contributed by atoms with Crippen molar-refractivity contribution in [3.05, 3.63) is 35.9 Å². The lowest BCUT2D eigenvalue weighted by molar-refractivity contribution is 0.0899. The largest absolute Gasteiger partial charge is 0.377 e. The second-order valence-electron chi connectivity index (χ2n) is 3.94. The van der Waals surface area contributed by atoms with Crippen molar-refractivity contribution in [1.82, 2.24) is 0 Å². The normalized spacial score (nSPS) is 13.5. The number of hydrogen-bond acceptors (Lipinski definition) is 4. The molecule has 0 aliphatic carbocycles. The third kappa shape index (κ3) is 7.10. The minimum Gasteiger partial charge on any atom is -0.377 e. The van der Waals surface area contributed by atoms with Crippen molar-refractivity contribution in [3.63, 3.8) is 0 Å². The average Bonchev–Trinajstić information content (AvgIpc) is 2.23. The maximum Gasteiger partial charge on any atom is 0.264 e. The second-order valence-corrected chi connectivity index (χ2v) is 5.54. The van der Waals surface area contributed by atoms with E-state index in [1.165, 1.54) is 0 Å². The van der Waals surface area contributed by atoms with Crippen molar-refractivity contribution in [3.8, 4) is 0 Å². The summed E-state index contributed by atoms with van der Waals surface area (Å²) in [6, 6.07) is 9.82. The highest BCUT2D eigenvalue weighted by Crippen LogP contribution is 2.04. The molecule has 0 saturated heterocycles. The van der Waals surface area contributed by atoms with Gasteiger partial charge in [0.05, 0.1) is 19.0 Å². The molecule has 17 heavy (non-hydrogen) atoms. The summed E-state index contributed by atoms with van der Waals surface area (Å²) in [6.07, 6.45) is 1.26. The first-order chi connectivity index (χ1) is 7.97. The van der Waals surface area contributed by atoms with E-state index < -0.39 is 10.1 Å². The number of ether oxygens (including phenoxy) is 1. The molecule has 0 aliphatic heterocycles. The molecule has 0 N–H and O–H groups in total. The van der Waals surface area contributed by atoms with Crippen molar-refractivity contribution >= 4 is 10.1 Å². The van der Waals surface area contributed by atoms with Gasteiger partial charge in [-0.2, -0.15) is 8.42 Å². The van der Waals surface area contributed by atoms with Gasteiger partial charge in [0, 0.05) is 6.61 Å². The predicted octanol–water partition coefficient (Wildman–Crippen LogP) is 1.96. The Morgan fingerprint density at radius 3 is 2.47 bits per heavy atom. The Hall–Kier alpha value is -0.910. The molecule has 0 aromatic heterocycles. The van der Waals surface area contributed by atoms with Crippen LogP contribution >= 0.6 is 0 Å². The quantitative estimate of drug-likeness (QED) is 0.554. The van der Waals surface area contributed by atoms with Gasteiger partial charge in [0.1, 0.15) is 0 Å². The Kier molecular flexibility index (Phi) is 5.61. The molecule has 1 aromatic carbocycles. The molecule has 1 aromatic rings. The summed E-state index contributed by atoms with van der Waals surface area (Å²) in [4.78, 5) is 0. The molecule has 0 aliphatic rings. The van der Waals surface area contributed by atoms with Gasteiger partial charge in [0.25, 0.3) is 10.1 Å². The minimum absolute atomic E-state index is 0.347. The van der Waals surface area contributed by atoms with Crippen LogP contribution in [0.5, 0.6) is 0 Å². The molecule has 1 rings (SSSR count). The molecule has 0 fully saturated rings. The van der Waals surface area contributed by atoms with Gasteiger partial charge in [-0.3, -0.25) is 4.18 Å². The topological polar surface area (TPSA) is 52.6 Å². The molecule has 0 radical (unpaired) electrons. The van der Waals surface area contributed by atoms with Crippen molar-refractivity contribution in [1.29, 1.82) is 0 Å². The van der Waals surface area contributed by atoms with Crippen molar-refractivity contribution < 1.29 is 17.3 Å². The summed E-state index contributed by atoms with van der Waals surface area (Å²) in [7, 11) is -3.37. The number of benzene rings is 1. The first-order valence-corrected chi connectivity index (χ1v) is 7.29. The minimum atomic E-state index is -3.37. The van der Waals surface area contributed by atoms with E-state index in [-0.39, 0.29) is 6.10 Å². The molecule has 0 amide bonds. The Morgan fingerprint density at radius 1 is 1.24 bits per heavy atom. The third-order valence-corrected chi connectivity index (χ3v) is 2.80. The summed E-state index contributed by atoms with van der Waals surface area (Å²) < 4.78 is 31.9. The SMILES string of the molecule is CC(CCOCc1ccccc1)OS(C)(=O)=O. The van der Waals surface area contributed by atoms with E-state index in [0.717, 1.165) is 11.8 Å². The van der Waals surface area contributed by atoms with Crippen LogP contribution in [0.1, 0.15) is 18.9 Å². The molecule has 0 spiro atoms. The smallest absolute Gasteiger partial charge is 0.264 e. The van der Waals surface area contributed by atoms with Gasteiger partial charge in [0.2, 0.25) is 0 Å². The lowest BCUT2D eigenvalue weighted by Crippen LogP contribution is -2.16. The molecule has 1 atom stereocenters. The van der Waals surface area contributed by atoms with E-state index in [4.69, 9.17) is 8.92 Å². The number of hydrogen-bond donors (Lipinski definition) is 0. The zero-order valence-corrected chi connectivity index (χ0v) is 10.9. The van der Waals surface area contributed by atoms with E-state index in [1.807, 2.05) is 30.3 Å². The molecule has 4 nitrogen and oxygen atoms in total. The fraction of sp³-hybridized carbons (Fsp3) is 0.500. The molecular weight excluding hydrogens is 240 g/mol. The van der Waals surface area contributed by atoms with Crippen LogP contribution in [0.15, 0.2) is 30.3 Å². The third-order valence-electron chi connectivity index (χ3n) is 2.12. The van der Waals surface area contributed by atoms with Crippen LogP contribution in [-0.2, 0) is 25.6 Å². The number of rotatable bonds is 7. The first kappa shape index (κ1) is 14.2. The maximum atomic E-state index is 10.8. The molecular formula is C12H18O4S. The van der Waals surface area contributed by atoms with E-state index in [9.17, 15) is 8.42 Å². The highest BCUT2D eigenvalue weighted by atomic mass is 32.2. The summed E-state index contributed by atoms with van der Waals surface area (Å²) in [5, 5.41) is 0. The van der Waals surface area contributed by atoms with E-state index in [0.29, 0.717) is 19.6 Å². The lowest BCUT2D eigenvalue weighted by Gasteiger charge is -2.11. The van der Waals surface area contributed by atoms with Crippen LogP contribution < -0.4 is 0 Å². The highest BCUT2D eigenvalue weighted by Gasteiger charge is 2.09. The van der Waals surface area contributed by atoms with Crippen LogP contribution in [0.4, 0.5) is 0 Å². The van der Waals surface area contributed by atoms with Crippen molar-refractivity contribution in [2.45, 2.75) is 26.1 Å². The van der Waals surface area contributed by atoms with Crippen LogP contribution in [0, 0.1) is 0 Å². The Labute approximate surface area is 103 Å². The average molecular weight is 258 g/mol. The van der Waals surface area contributed by atoms with Gasteiger partial charge >= 0.3 is 0 Å². The highest BCUT2D eigenvalue weighted by molar-refractivity contribution is 7.86. The van der Waals surface area contributed by atoms with Crippen LogP contribution in [0.25, 0.3) is 0 Å². The van der Waals surface area contributed by atoms with Crippen LogP contribution in [0.3, 0.4) is 0 Å². The summed E-state index contributed by atoms with van der Waals surface area (Å²) in [6.45, 7) is 2.73. The fourth-order valence-corrected chi connectivity index (χ4v) is 2.05. The van der Waals surface area contributed by atoms with Gasteiger partial charge in [-0.15, -0.1) is 0 Å². The van der Waals surface area contributed by atoms with Crippen LogP contribution in [-0.4, -0.2) is 27.4 Å². The molecule has 0 heterocycles. The molecule has 1 unspecified atom stereocenters. The van der Waals surface area contributed by atoms with E-state index in [2.05, 4.69) is 0 Å². The van der Waals surface area contributed by atoms with E-state index in [1.54, 1.807) is 6.92 Å². The predicted molar refractivity (Wildman–Crippen MR) is 66.1 cm³/mol. The second kappa shape index (κ2) is 6.74. The summed E-state index contributed by atoms with van der Waals surface area (Å²) >= 11 is 0. The zero-order valence-electron chi connectivity index (χ0n) is 10.1. The summed E-state index contributed by atoms with van der Waals surface area (Å²) in [5.74, 6) is 0. The monoisotopic (exact) mass is 258 g/mol. The van der Waals surface area contributed by atoms with Gasteiger partial charge in [-0.05, 0) is 18.9 Å². The zero-order chi connectivity index (χ0) is 12.7. The Bertz CT molecular complexity index is 413. The van der Waals surface area contributed by atoms with Gasteiger partial charge < -0.3 is 4.74 Å². The maximum absolute atomic E-state index is 10.8. The van der Waals surface area contributed by atoms with Gasteiger partial charge in [0.15, 0.2) is 0 Å². The molecule has 0 bridgehead atoms. The van der Waals surface area contributed by atoms with Gasteiger partial charge in [-0.25, -0.2) is 0 Å². The van der Waals surface area contributed by atoms with Gasteiger partial charge in [-0.1, -0.05) is 30.3 Å². The summed E-state index contributed by atoms with van der Waals surface area (Å²) in [5.41, 5.74) is 1.10. The van der Waals surface area contributed by atoms with E-state index >= 15 is 0 Å². The molecule has 5 heteroatoms. The lowest BCUT2D eigenvalue weighted by atomic mass is 10.2. The van der Waals surface area contributed by atoms with Crippen LogP contribution in [0.2, 0.25) is 0 Å². The molecule has 96 valence electrons. The first-order valence-electron chi connectivity index (χ1n) is 5.47.